The number of nitrogens with zero attached hydrogens (tertiary/aromatic N) is 4. The molecule has 0 radical (unpaired) electrons. The summed E-state index contributed by atoms with van der Waals surface area (Å²) in [5, 5.41) is 0.583. The Balaban J connectivity index is 1.57. The average Bonchev–Trinajstić information content (AvgIpc) is 3.20. The second kappa shape index (κ2) is 5.91. The molecule has 1 amide bonds. The molecule has 1 saturated heterocycles. The number of carbonyl (C=O) groups is 1. The molecule has 1 unspecified atom stereocenters. The van der Waals surface area contributed by atoms with Gasteiger partial charge in [-0.05, 0) is 30.7 Å². The third-order valence-electron chi connectivity index (χ3n) is 4.63. The molecule has 1 aliphatic heterocycles. The highest BCUT2D eigenvalue weighted by Gasteiger charge is 2.30. The molecule has 0 saturated carbocycles. The first kappa shape index (κ1) is 15.1. The molecule has 1 aliphatic rings. The Hall–Kier alpha value is -2.40. The summed E-state index contributed by atoms with van der Waals surface area (Å²) in [5.74, 6) is 1.28. The fourth-order valence-electron chi connectivity index (χ4n) is 3.38. The van der Waals surface area contributed by atoms with Gasteiger partial charge in [0.1, 0.15) is 5.82 Å². The molecule has 6 heteroatoms. The van der Waals surface area contributed by atoms with Gasteiger partial charge in [-0.15, -0.1) is 0 Å². The van der Waals surface area contributed by atoms with Gasteiger partial charge in [0.2, 0.25) is 0 Å². The summed E-state index contributed by atoms with van der Waals surface area (Å²) in [5.41, 5.74) is 2.60. The topological polar surface area (TPSA) is 51.0 Å². The van der Waals surface area contributed by atoms with E-state index in [1.807, 2.05) is 36.3 Å². The molecule has 2 aromatic heterocycles. The third-order valence-corrected chi connectivity index (χ3v) is 4.87. The van der Waals surface area contributed by atoms with Crippen molar-refractivity contribution >= 4 is 28.5 Å². The zero-order valence-corrected chi connectivity index (χ0v) is 14.1. The number of hydrogen-bond acceptors (Lipinski definition) is 3. The van der Waals surface area contributed by atoms with Crippen LogP contribution < -0.4 is 0 Å². The Morgan fingerprint density at radius 1 is 1.33 bits per heavy atom. The molecule has 1 fully saturated rings. The van der Waals surface area contributed by atoms with E-state index in [9.17, 15) is 4.79 Å². The van der Waals surface area contributed by atoms with Crippen molar-refractivity contribution in [2.45, 2.75) is 12.3 Å². The summed E-state index contributed by atoms with van der Waals surface area (Å²) >= 11 is 6.00. The van der Waals surface area contributed by atoms with E-state index in [-0.39, 0.29) is 11.8 Å². The van der Waals surface area contributed by atoms with Crippen LogP contribution in [0.4, 0.5) is 0 Å². The summed E-state index contributed by atoms with van der Waals surface area (Å²) in [6, 6.07) is 9.03. The number of aromatic nitrogens is 3. The Labute approximate surface area is 144 Å². The van der Waals surface area contributed by atoms with Gasteiger partial charge >= 0.3 is 0 Å². The number of rotatable bonds is 2. The second-order valence-corrected chi connectivity index (χ2v) is 6.58. The molecule has 1 atom stereocenters. The molecule has 0 bridgehead atoms. The van der Waals surface area contributed by atoms with Gasteiger partial charge in [-0.3, -0.25) is 9.78 Å². The molecule has 0 spiro atoms. The Bertz CT molecular complexity index is 920. The molecular weight excluding hydrogens is 324 g/mol. The summed E-state index contributed by atoms with van der Waals surface area (Å²) in [4.78, 5) is 23.5. The van der Waals surface area contributed by atoms with Crippen LogP contribution in [-0.4, -0.2) is 38.4 Å². The van der Waals surface area contributed by atoms with Gasteiger partial charge in [0.15, 0.2) is 0 Å². The van der Waals surface area contributed by atoms with Crippen LogP contribution in [0, 0.1) is 0 Å². The van der Waals surface area contributed by atoms with Gasteiger partial charge in [-0.2, -0.15) is 0 Å². The van der Waals surface area contributed by atoms with Gasteiger partial charge in [0.05, 0.1) is 17.2 Å². The minimum Gasteiger partial charge on any atom is -0.338 e. The first-order valence-corrected chi connectivity index (χ1v) is 8.32. The number of pyridine rings is 1. The molecule has 122 valence electrons. The van der Waals surface area contributed by atoms with Gasteiger partial charge in [-0.25, -0.2) is 4.98 Å². The molecule has 3 heterocycles. The van der Waals surface area contributed by atoms with E-state index in [0.29, 0.717) is 17.1 Å². The number of hydrogen-bond donors (Lipinski definition) is 0. The van der Waals surface area contributed by atoms with Crippen LogP contribution in [0.25, 0.3) is 11.0 Å². The fourth-order valence-corrected chi connectivity index (χ4v) is 3.57. The van der Waals surface area contributed by atoms with Crippen molar-refractivity contribution in [2.75, 3.05) is 13.1 Å². The number of benzene rings is 1. The number of aryl methyl sites for hydroxylation is 1. The monoisotopic (exact) mass is 340 g/mol. The zero-order chi connectivity index (χ0) is 16.7. The predicted octanol–water partition coefficient (Wildman–Crippen LogP) is 3.25. The van der Waals surface area contributed by atoms with Crippen molar-refractivity contribution in [3.8, 4) is 0 Å². The summed E-state index contributed by atoms with van der Waals surface area (Å²) in [7, 11) is 2.01. The highest BCUT2D eigenvalue weighted by molar-refractivity contribution is 6.30. The molecule has 5 nitrogen and oxygen atoms in total. The lowest BCUT2D eigenvalue weighted by Crippen LogP contribution is -2.28. The standard InChI is InChI=1S/C18H17ClN4O/c1-22-16-10-20-7-5-15(16)21-17(22)13-6-8-23(11-13)18(24)12-3-2-4-14(19)9-12/h2-5,7,9-10,13H,6,8,11H2,1H3. The lowest BCUT2D eigenvalue weighted by Gasteiger charge is -2.16. The Morgan fingerprint density at radius 2 is 2.21 bits per heavy atom. The van der Waals surface area contributed by atoms with Crippen LogP contribution in [0.15, 0.2) is 42.7 Å². The van der Waals surface area contributed by atoms with E-state index in [0.717, 1.165) is 29.8 Å². The minimum absolute atomic E-state index is 0.0282. The maximum absolute atomic E-state index is 12.7. The van der Waals surface area contributed by atoms with Crippen molar-refractivity contribution in [3.63, 3.8) is 0 Å². The molecule has 0 N–H and O–H groups in total. The largest absolute Gasteiger partial charge is 0.338 e. The second-order valence-electron chi connectivity index (χ2n) is 6.14. The van der Waals surface area contributed by atoms with Crippen molar-refractivity contribution in [3.05, 3.63) is 59.1 Å². The van der Waals surface area contributed by atoms with Gasteiger partial charge in [0, 0.05) is 42.8 Å². The normalized spacial score (nSPS) is 17.6. The van der Waals surface area contributed by atoms with Crippen molar-refractivity contribution in [1.29, 1.82) is 0 Å². The number of carbonyl (C=O) groups excluding carboxylic acids is 1. The van der Waals surface area contributed by atoms with E-state index in [1.54, 1.807) is 18.3 Å². The molecule has 24 heavy (non-hydrogen) atoms. The predicted molar refractivity (Wildman–Crippen MR) is 93.2 cm³/mol. The van der Waals surface area contributed by atoms with Crippen molar-refractivity contribution in [1.82, 2.24) is 19.4 Å². The van der Waals surface area contributed by atoms with Crippen LogP contribution >= 0.6 is 11.6 Å². The van der Waals surface area contributed by atoms with Crippen molar-refractivity contribution < 1.29 is 4.79 Å². The summed E-state index contributed by atoms with van der Waals surface area (Å²) in [6.45, 7) is 1.41. The van der Waals surface area contributed by atoms with E-state index in [2.05, 4.69) is 9.55 Å². The molecule has 3 aromatic rings. The number of amides is 1. The SMILES string of the molecule is Cn1c(C2CCN(C(=O)c3cccc(Cl)c3)C2)nc2ccncc21. The molecule has 1 aromatic carbocycles. The highest BCUT2D eigenvalue weighted by atomic mass is 35.5. The number of fused-ring (bicyclic) bond motifs is 1. The summed E-state index contributed by atoms with van der Waals surface area (Å²) in [6.07, 6.45) is 4.50. The van der Waals surface area contributed by atoms with Crippen LogP contribution in [-0.2, 0) is 7.05 Å². The smallest absolute Gasteiger partial charge is 0.253 e. The highest BCUT2D eigenvalue weighted by Crippen LogP contribution is 2.29. The van der Waals surface area contributed by atoms with Crippen LogP contribution in [0.1, 0.15) is 28.5 Å². The average molecular weight is 341 g/mol. The van der Waals surface area contributed by atoms with Gasteiger partial charge in [0.25, 0.3) is 5.91 Å². The first-order valence-electron chi connectivity index (χ1n) is 7.94. The lowest BCUT2D eigenvalue weighted by atomic mass is 10.1. The zero-order valence-electron chi connectivity index (χ0n) is 13.3. The fraction of sp³-hybridized carbons (Fsp3) is 0.278. The van der Waals surface area contributed by atoms with Gasteiger partial charge < -0.3 is 9.47 Å². The Morgan fingerprint density at radius 3 is 3.00 bits per heavy atom. The van der Waals surface area contributed by atoms with E-state index in [1.165, 1.54) is 0 Å². The summed E-state index contributed by atoms with van der Waals surface area (Å²) < 4.78 is 2.08. The molecule has 4 rings (SSSR count). The van der Waals surface area contributed by atoms with Crippen LogP contribution in [0.5, 0.6) is 0 Å². The van der Waals surface area contributed by atoms with Crippen LogP contribution in [0.3, 0.4) is 0 Å². The first-order chi connectivity index (χ1) is 11.6. The minimum atomic E-state index is 0.0282. The number of imidazole rings is 1. The van der Waals surface area contributed by atoms with Gasteiger partial charge in [-0.1, -0.05) is 17.7 Å². The van der Waals surface area contributed by atoms with E-state index < -0.39 is 0 Å². The lowest BCUT2D eigenvalue weighted by molar-refractivity contribution is 0.0790. The number of likely N-dealkylation sites (tertiary alicyclic amines) is 1. The third kappa shape index (κ3) is 2.55. The molecule has 0 aliphatic carbocycles. The Kier molecular flexibility index (Phi) is 3.73. The number of halogens is 1. The van der Waals surface area contributed by atoms with Crippen LogP contribution in [0.2, 0.25) is 5.02 Å². The quantitative estimate of drug-likeness (QED) is 0.719. The molecular formula is C18H17ClN4O. The maximum atomic E-state index is 12.7. The van der Waals surface area contributed by atoms with E-state index in [4.69, 9.17) is 16.6 Å². The van der Waals surface area contributed by atoms with Crippen molar-refractivity contribution in [2.24, 2.45) is 7.05 Å². The van der Waals surface area contributed by atoms with E-state index >= 15 is 0 Å². The maximum Gasteiger partial charge on any atom is 0.253 e.